The van der Waals surface area contributed by atoms with E-state index in [0.717, 1.165) is 11.6 Å². The summed E-state index contributed by atoms with van der Waals surface area (Å²) in [5, 5.41) is 22.7. The van der Waals surface area contributed by atoms with Gasteiger partial charge in [0.15, 0.2) is 0 Å². The maximum Gasteiger partial charge on any atom is 0.273 e. The molecule has 0 atom stereocenters. The van der Waals surface area contributed by atoms with Crippen molar-refractivity contribution < 1.29 is 14.8 Å². The molecule has 1 heterocycles. The van der Waals surface area contributed by atoms with Crippen LogP contribution in [0.4, 0.5) is 11.4 Å². The van der Waals surface area contributed by atoms with Gasteiger partial charge in [-0.25, -0.2) is 0 Å². The second kappa shape index (κ2) is 6.00. The zero-order valence-corrected chi connectivity index (χ0v) is 11.2. The zero-order chi connectivity index (χ0) is 15.4. The minimum Gasteiger partial charge on any atom is -0.506 e. The maximum atomic E-state index is 11.9. The van der Waals surface area contributed by atoms with Gasteiger partial charge in [0, 0.05) is 12.3 Å². The number of aryl methyl sites for hydroxylation is 1. The highest BCUT2D eigenvalue weighted by Gasteiger charge is 2.13. The quantitative estimate of drug-likeness (QED) is 0.509. The number of nitro groups is 1. The molecule has 0 spiro atoms. The third kappa shape index (κ3) is 3.53. The molecular weight excluding hydrogens is 274 g/mol. The fourth-order valence-electron chi connectivity index (χ4n) is 1.79. The molecule has 7 nitrogen and oxygen atoms in total. The largest absolute Gasteiger partial charge is 0.506 e. The van der Waals surface area contributed by atoms with E-state index in [1.165, 1.54) is 12.1 Å². The summed E-state index contributed by atoms with van der Waals surface area (Å²) in [6.07, 6.45) is 1.65. The van der Waals surface area contributed by atoms with Gasteiger partial charge in [-0.2, -0.15) is 0 Å². The average Bonchev–Trinajstić information content (AvgIpc) is 2.43. The van der Waals surface area contributed by atoms with Crippen LogP contribution < -0.4 is 5.32 Å². The second-order valence-corrected chi connectivity index (χ2v) is 4.45. The Bertz CT molecular complexity index is 700. The number of anilines is 1. The number of pyridine rings is 1. The number of carbonyl (C=O) groups is 1. The average molecular weight is 287 g/mol. The van der Waals surface area contributed by atoms with Crippen molar-refractivity contribution in [1.29, 1.82) is 0 Å². The van der Waals surface area contributed by atoms with Gasteiger partial charge in [-0.15, -0.1) is 0 Å². The predicted molar refractivity (Wildman–Crippen MR) is 76.1 cm³/mol. The molecule has 1 amide bonds. The Morgan fingerprint density at radius 3 is 2.81 bits per heavy atom. The molecule has 0 bridgehead atoms. The van der Waals surface area contributed by atoms with Gasteiger partial charge in [0.2, 0.25) is 5.91 Å². The monoisotopic (exact) mass is 287 g/mol. The van der Waals surface area contributed by atoms with Crippen molar-refractivity contribution in [1.82, 2.24) is 4.98 Å². The lowest BCUT2D eigenvalue weighted by Gasteiger charge is -2.08. The lowest BCUT2D eigenvalue weighted by Crippen LogP contribution is -2.16. The van der Waals surface area contributed by atoms with Crippen LogP contribution in [0.5, 0.6) is 5.75 Å². The minimum absolute atomic E-state index is 0.0586. The molecule has 0 aliphatic heterocycles. The molecule has 1 aromatic heterocycles. The molecule has 2 N–H and O–H groups in total. The van der Waals surface area contributed by atoms with Gasteiger partial charge in [0.25, 0.3) is 5.69 Å². The van der Waals surface area contributed by atoms with E-state index in [0.29, 0.717) is 5.69 Å². The Morgan fingerprint density at radius 2 is 2.19 bits per heavy atom. The van der Waals surface area contributed by atoms with Crippen LogP contribution >= 0.6 is 0 Å². The van der Waals surface area contributed by atoms with Crippen molar-refractivity contribution in [2.45, 2.75) is 13.3 Å². The van der Waals surface area contributed by atoms with Crippen molar-refractivity contribution in [3.05, 3.63) is 57.9 Å². The molecule has 2 rings (SSSR count). The number of aromatic hydroxyl groups is 1. The fourth-order valence-corrected chi connectivity index (χ4v) is 1.79. The highest BCUT2D eigenvalue weighted by Crippen LogP contribution is 2.27. The normalized spacial score (nSPS) is 10.1. The first-order valence-corrected chi connectivity index (χ1v) is 6.15. The van der Waals surface area contributed by atoms with Gasteiger partial charge < -0.3 is 10.4 Å². The van der Waals surface area contributed by atoms with Crippen molar-refractivity contribution in [3.63, 3.8) is 0 Å². The molecule has 0 unspecified atom stereocenters. The number of benzene rings is 1. The zero-order valence-electron chi connectivity index (χ0n) is 11.2. The van der Waals surface area contributed by atoms with Crippen LogP contribution in [0.15, 0.2) is 36.5 Å². The predicted octanol–water partition coefficient (Wildman–Crippen LogP) is 2.19. The summed E-state index contributed by atoms with van der Waals surface area (Å²) in [5.74, 6) is -0.712. The molecule has 1 aromatic carbocycles. The van der Waals surface area contributed by atoms with E-state index in [1.807, 2.05) is 13.0 Å². The SMILES string of the molecule is Cc1cccnc1CC(=O)Nc1ccc([N+](=O)[O-])cc1O. The number of hydrogen-bond donors (Lipinski definition) is 2. The van der Waals surface area contributed by atoms with Gasteiger partial charge >= 0.3 is 0 Å². The molecule has 108 valence electrons. The first-order valence-electron chi connectivity index (χ1n) is 6.15. The van der Waals surface area contributed by atoms with Gasteiger partial charge in [0.05, 0.1) is 28.8 Å². The van der Waals surface area contributed by atoms with Crippen molar-refractivity contribution in [3.8, 4) is 5.75 Å². The lowest BCUT2D eigenvalue weighted by molar-refractivity contribution is -0.384. The summed E-state index contributed by atoms with van der Waals surface area (Å²) >= 11 is 0. The number of nitrogens with one attached hydrogen (secondary N) is 1. The number of nitrogens with zero attached hydrogens (tertiary/aromatic N) is 2. The van der Waals surface area contributed by atoms with Crippen LogP contribution in [0, 0.1) is 17.0 Å². The minimum atomic E-state index is -0.622. The Morgan fingerprint density at radius 1 is 1.43 bits per heavy atom. The van der Waals surface area contributed by atoms with Crippen LogP contribution in [0.1, 0.15) is 11.3 Å². The number of amides is 1. The van der Waals surface area contributed by atoms with E-state index in [-0.39, 0.29) is 29.5 Å². The first kappa shape index (κ1) is 14.4. The standard InChI is InChI=1S/C14H13N3O4/c1-9-3-2-6-15-12(9)8-14(19)16-11-5-4-10(17(20)21)7-13(11)18/h2-7,18H,8H2,1H3,(H,16,19). The van der Waals surface area contributed by atoms with Crippen LogP contribution in [-0.2, 0) is 11.2 Å². The summed E-state index contributed by atoms with van der Waals surface area (Å²) < 4.78 is 0. The second-order valence-electron chi connectivity index (χ2n) is 4.45. The smallest absolute Gasteiger partial charge is 0.273 e. The fraction of sp³-hybridized carbons (Fsp3) is 0.143. The van der Waals surface area contributed by atoms with Crippen LogP contribution in [0.25, 0.3) is 0 Å². The summed E-state index contributed by atoms with van der Waals surface area (Å²) in [6.45, 7) is 1.85. The first-order chi connectivity index (χ1) is 9.97. The molecular formula is C14H13N3O4. The number of nitro benzene ring substituents is 1. The van der Waals surface area contributed by atoms with Crippen molar-refractivity contribution in [2.75, 3.05) is 5.32 Å². The number of phenolic OH excluding ortho intramolecular Hbond substituents is 1. The van der Waals surface area contributed by atoms with Crippen molar-refractivity contribution in [2.24, 2.45) is 0 Å². The number of phenols is 1. The summed E-state index contributed by atoms with van der Waals surface area (Å²) in [7, 11) is 0. The number of carbonyl (C=O) groups excluding carboxylic acids is 1. The third-order valence-corrected chi connectivity index (χ3v) is 2.91. The highest BCUT2D eigenvalue weighted by atomic mass is 16.6. The van der Waals surface area contributed by atoms with Crippen molar-refractivity contribution >= 4 is 17.3 Å². The topological polar surface area (TPSA) is 105 Å². The van der Waals surface area contributed by atoms with E-state index in [2.05, 4.69) is 10.3 Å². The Kier molecular flexibility index (Phi) is 4.13. The summed E-state index contributed by atoms with van der Waals surface area (Å²) in [5.41, 5.74) is 1.40. The van der Waals surface area contributed by atoms with Crippen LogP contribution in [0.2, 0.25) is 0 Å². The Balaban J connectivity index is 2.10. The van der Waals surface area contributed by atoms with E-state index >= 15 is 0 Å². The molecule has 0 saturated heterocycles. The maximum absolute atomic E-state index is 11.9. The van der Waals surface area contributed by atoms with Crippen LogP contribution in [0.3, 0.4) is 0 Å². The molecule has 0 aliphatic rings. The summed E-state index contributed by atoms with van der Waals surface area (Å²) in [4.78, 5) is 26.0. The van der Waals surface area contributed by atoms with E-state index in [1.54, 1.807) is 12.3 Å². The lowest BCUT2D eigenvalue weighted by atomic mass is 10.1. The Labute approximate surface area is 120 Å². The molecule has 7 heteroatoms. The molecule has 21 heavy (non-hydrogen) atoms. The molecule has 0 saturated carbocycles. The van der Waals surface area contributed by atoms with Gasteiger partial charge in [-0.05, 0) is 24.6 Å². The van der Waals surface area contributed by atoms with E-state index in [9.17, 15) is 20.0 Å². The third-order valence-electron chi connectivity index (χ3n) is 2.91. The van der Waals surface area contributed by atoms with Crippen LogP contribution in [-0.4, -0.2) is 20.9 Å². The van der Waals surface area contributed by atoms with Gasteiger partial charge in [-0.3, -0.25) is 19.9 Å². The molecule has 0 fully saturated rings. The van der Waals surface area contributed by atoms with E-state index in [4.69, 9.17) is 0 Å². The molecule has 2 aromatic rings. The molecule has 0 aliphatic carbocycles. The number of aromatic nitrogens is 1. The van der Waals surface area contributed by atoms with Gasteiger partial charge in [-0.1, -0.05) is 6.07 Å². The summed E-state index contributed by atoms with van der Waals surface area (Å²) in [6, 6.07) is 7.11. The van der Waals surface area contributed by atoms with E-state index < -0.39 is 4.92 Å². The number of hydrogen-bond acceptors (Lipinski definition) is 5. The Hall–Kier alpha value is -2.96. The number of rotatable bonds is 4. The van der Waals surface area contributed by atoms with Gasteiger partial charge in [0.1, 0.15) is 5.75 Å². The highest BCUT2D eigenvalue weighted by molar-refractivity contribution is 5.93. The molecule has 0 radical (unpaired) electrons. The number of non-ortho nitro benzene ring substituents is 1.